The molecule has 4 aromatic rings. The number of rotatable bonds is 11. The van der Waals surface area contributed by atoms with E-state index >= 15 is 0 Å². The first kappa shape index (κ1) is 26.5. The molecule has 0 aliphatic heterocycles. The maximum absolute atomic E-state index is 13.7. The molecule has 10 nitrogen and oxygen atoms in total. The molecule has 0 fully saturated rings. The average molecular weight is 542 g/mol. The van der Waals surface area contributed by atoms with Crippen LogP contribution < -0.4 is 10.0 Å². The predicted octanol–water partition coefficient (Wildman–Crippen LogP) is 4.04. The van der Waals surface area contributed by atoms with Crippen molar-refractivity contribution in [2.45, 2.75) is 45.1 Å². The Morgan fingerprint density at radius 3 is 2.35 bits per heavy atom. The second kappa shape index (κ2) is 11.6. The number of anilines is 1. The molecule has 2 atom stereocenters. The van der Waals surface area contributed by atoms with Crippen LogP contribution in [0.4, 0.5) is 5.69 Å². The average Bonchev–Trinajstić information content (AvgIpc) is 3.52. The minimum absolute atomic E-state index is 0.226. The Morgan fingerprint density at radius 1 is 1.05 bits per heavy atom. The summed E-state index contributed by atoms with van der Waals surface area (Å²) in [6, 6.07) is 15.7. The predicted molar refractivity (Wildman–Crippen MR) is 140 cm³/mol. The highest BCUT2D eigenvalue weighted by Gasteiger charge is 2.30. The van der Waals surface area contributed by atoms with Crippen LogP contribution in [0, 0.1) is 6.92 Å². The minimum atomic E-state index is -4.37. The van der Waals surface area contributed by atoms with Gasteiger partial charge >= 0.3 is 10.3 Å². The molecule has 2 unspecified atom stereocenters. The first-order valence-electron chi connectivity index (χ1n) is 11.6. The summed E-state index contributed by atoms with van der Waals surface area (Å²) < 4.78 is 38.6. The molecule has 0 aliphatic rings. The summed E-state index contributed by atoms with van der Waals surface area (Å²) in [7, 11) is -4.37. The number of nitrogens with one attached hydrogen (secondary N) is 2. The van der Waals surface area contributed by atoms with E-state index in [4.69, 9.17) is 14.1 Å². The molecule has 0 saturated carbocycles. The lowest BCUT2D eigenvalue weighted by atomic mass is 9.97. The third-order valence-electron chi connectivity index (χ3n) is 5.63. The summed E-state index contributed by atoms with van der Waals surface area (Å²) >= 11 is 1.47. The highest BCUT2D eigenvalue weighted by Crippen LogP contribution is 2.27. The van der Waals surface area contributed by atoms with Crippen LogP contribution in [0.1, 0.15) is 52.4 Å². The number of carbonyl (C=O) groups excluding carboxylic acids is 1. The van der Waals surface area contributed by atoms with Gasteiger partial charge in [-0.25, -0.2) is 4.98 Å². The molecule has 2 aromatic carbocycles. The third-order valence-corrected chi connectivity index (χ3v) is 7.13. The Bertz CT molecular complexity index is 1440. The van der Waals surface area contributed by atoms with Crippen LogP contribution in [-0.4, -0.2) is 34.0 Å². The number of hydrogen-bond acceptors (Lipinski definition) is 8. The molecule has 0 bridgehead atoms. The molecule has 2 aromatic heterocycles. The zero-order chi connectivity index (χ0) is 26.4. The number of hydrogen-bond donors (Lipinski definition) is 3. The van der Waals surface area contributed by atoms with Crippen LogP contribution in [0.2, 0.25) is 0 Å². The number of nitrogens with zero attached hydrogens (tertiary/aromatic N) is 3. The molecule has 0 saturated heterocycles. The van der Waals surface area contributed by atoms with Gasteiger partial charge in [0.05, 0.1) is 17.4 Å². The fourth-order valence-electron chi connectivity index (χ4n) is 3.81. The monoisotopic (exact) mass is 541 g/mol. The van der Waals surface area contributed by atoms with Gasteiger partial charge in [-0.15, -0.1) is 11.3 Å². The van der Waals surface area contributed by atoms with Crippen molar-refractivity contribution in [3.8, 4) is 0 Å². The summed E-state index contributed by atoms with van der Waals surface area (Å²) in [5.74, 6) is -0.274. The zero-order valence-corrected chi connectivity index (χ0v) is 21.9. The van der Waals surface area contributed by atoms with Gasteiger partial charge < -0.3 is 9.84 Å². The maximum atomic E-state index is 13.7. The number of thiazole rings is 1. The Kier molecular flexibility index (Phi) is 8.31. The summed E-state index contributed by atoms with van der Waals surface area (Å²) in [5, 5.41) is 9.73. The number of amides is 1. The quantitative estimate of drug-likeness (QED) is 0.241. The van der Waals surface area contributed by atoms with Crippen LogP contribution in [0.15, 0.2) is 64.5 Å². The van der Waals surface area contributed by atoms with Gasteiger partial charge in [0.25, 0.3) is 0 Å². The third kappa shape index (κ3) is 7.44. The smallest absolute Gasteiger partial charge is 0.346 e. The Labute approximate surface area is 219 Å². The van der Waals surface area contributed by atoms with Gasteiger partial charge in [0.15, 0.2) is 5.82 Å². The van der Waals surface area contributed by atoms with Crippen molar-refractivity contribution in [1.29, 1.82) is 0 Å². The molecular formula is C25H27N5O5S2. The lowest BCUT2D eigenvalue weighted by molar-refractivity contribution is -0.123. The van der Waals surface area contributed by atoms with E-state index in [2.05, 4.69) is 15.5 Å². The van der Waals surface area contributed by atoms with Gasteiger partial charge in [0, 0.05) is 5.38 Å². The van der Waals surface area contributed by atoms with Crippen LogP contribution in [0.25, 0.3) is 0 Å². The van der Waals surface area contributed by atoms with Crippen LogP contribution in [0.5, 0.6) is 0 Å². The van der Waals surface area contributed by atoms with Crippen molar-refractivity contribution >= 4 is 33.2 Å². The van der Waals surface area contributed by atoms with Gasteiger partial charge in [0.2, 0.25) is 11.8 Å². The van der Waals surface area contributed by atoms with Crippen LogP contribution in [0.3, 0.4) is 0 Å². The number of aromatic nitrogens is 3. The Morgan fingerprint density at radius 2 is 1.76 bits per heavy atom. The molecule has 3 N–H and O–H groups in total. The first-order valence-corrected chi connectivity index (χ1v) is 13.9. The molecular weight excluding hydrogens is 514 g/mol. The standard InChI is InChI=1S/C25H27N5O5S2/c1-3-19-15-36-25(27-19)22(14-18-9-11-20(12-10-18)30-37(32,33)34)28-23(31)21(24-26-16(2)29-35-24)13-17-7-5-4-6-8-17/h4-12,15,21-22,30H,3,13-14H2,1-2H3,(H,28,31)(H,32,33,34). The largest absolute Gasteiger partial charge is 0.357 e. The number of aryl methyl sites for hydroxylation is 2. The van der Waals surface area contributed by atoms with Crippen molar-refractivity contribution in [3.63, 3.8) is 0 Å². The van der Waals surface area contributed by atoms with Crippen molar-refractivity contribution in [1.82, 2.24) is 20.4 Å². The first-order chi connectivity index (χ1) is 17.7. The molecule has 0 spiro atoms. The lowest BCUT2D eigenvalue weighted by Crippen LogP contribution is -2.35. The molecule has 12 heteroatoms. The van der Waals surface area contributed by atoms with E-state index in [0.717, 1.165) is 28.2 Å². The summed E-state index contributed by atoms with van der Waals surface area (Å²) in [4.78, 5) is 22.7. The Hall–Kier alpha value is -3.61. The minimum Gasteiger partial charge on any atom is -0.346 e. The molecule has 2 heterocycles. The molecule has 4 rings (SSSR count). The van der Waals surface area contributed by atoms with Crippen LogP contribution >= 0.6 is 11.3 Å². The fourth-order valence-corrected chi connectivity index (χ4v) is 5.19. The van der Waals surface area contributed by atoms with E-state index in [1.54, 1.807) is 31.2 Å². The van der Waals surface area contributed by atoms with Gasteiger partial charge in [0.1, 0.15) is 10.9 Å². The topological polar surface area (TPSA) is 147 Å². The lowest BCUT2D eigenvalue weighted by Gasteiger charge is -2.20. The molecule has 0 aliphatic carbocycles. The summed E-state index contributed by atoms with van der Waals surface area (Å²) in [5.41, 5.74) is 2.96. The summed E-state index contributed by atoms with van der Waals surface area (Å²) in [6.07, 6.45) is 1.57. The maximum Gasteiger partial charge on any atom is 0.357 e. The van der Waals surface area contributed by atoms with Gasteiger partial charge in [-0.05, 0) is 49.4 Å². The normalized spacial score (nSPS) is 13.2. The van der Waals surface area contributed by atoms with Crippen molar-refractivity contribution in [3.05, 3.63) is 93.5 Å². The SMILES string of the molecule is CCc1csc(C(Cc2ccc(NS(=O)(=O)O)cc2)NC(=O)C(Cc2ccccc2)c2nc(C)no2)n1. The van der Waals surface area contributed by atoms with E-state index in [0.29, 0.717) is 18.7 Å². The number of benzene rings is 2. The van der Waals surface area contributed by atoms with E-state index in [-0.39, 0.29) is 17.5 Å². The van der Waals surface area contributed by atoms with Gasteiger partial charge in [-0.1, -0.05) is 54.5 Å². The van der Waals surface area contributed by atoms with E-state index in [1.165, 1.54) is 11.3 Å². The van der Waals surface area contributed by atoms with Crippen molar-refractivity contribution in [2.24, 2.45) is 0 Å². The highest BCUT2D eigenvalue weighted by molar-refractivity contribution is 7.87. The second-order valence-electron chi connectivity index (χ2n) is 8.49. The summed E-state index contributed by atoms with van der Waals surface area (Å²) in [6.45, 7) is 3.72. The fraction of sp³-hybridized carbons (Fsp3) is 0.280. The van der Waals surface area contributed by atoms with Crippen LogP contribution in [-0.2, 0) is 34.4 Å². The highest BCUT2D eigenvalue weighted by atomic mass is 32.2. The Balaban J connectivity index is 1.59. The molecule has 37 heavy (non-hydrogen) atoms. The second-order valence-corrected chi connectivity index (χ2v) is 10.5. The van der Waals surface area contributed by atoms with Crippen molar-refractivity contribution in [2.75, 3.05) is 4.72 Å². The van der Waals surface area contributed by atoms with E-state index < -0.39 is 22.3 Å². The molecule has 0 radical (unpaired) electrons. The zero-order valence-electron chi connectivity index (χ0n) is 20.3. The van der Waals surface area contributed by atoms with E-state index in [1.807, 2.05) is 47.4 Å². The number of carbonyl (C=O) groups is 1. The van der Waals surface area contributed by atoms with E-state index in [9.17, 15) is 13.2 Å². The molecule has 1 amide bonds. The molecule has 194 valence electrons. The van der Waals surface area contributed by atoms with Crippen molar-refractivity contribution < 1.29 is 22.3 Å². The van der Waals surface area contributed by atoms with Gasteiger partial charge in [-0.3, -0.25) is 14.1 Å². The van der Waals surface area contributed by atoms with Gasteiger partial charge in [-0.2, -0.15) is 13.4 Å².